The molecule has 0 fully saturated rings. The van der Waals surface area contributed by atoms with Gasteiger partial charge >= 0.3 is 0 Å². The second kappa shape index (κ2) is 11.8. The number of H-pyrrole nitrogens is 1. The van der Waals surface area contributed by atoms with Gasteiger partial charge in [0.15, 0.2) is 0 Å². The lowest BCUT2D eigenvalue weighted by Gasteiger charge is -2.28. The Bertz CT molecular complexity index is 1480. The van der Waals surface area contributed by atoms with Crippen molar-refractivity contribution in [2.75, 3.05) is 24.5 Å². The van der Waals surface area contributed by atoms with Gasteiger partial charge in [-0.15, -0.1) is 0 Å². The zero-order chi connectivity index (χ0) is 27.2. The fraction of sp³-hybridized carbons (Fsp3) is 0.185. The first-order valence-electron chi connectivity index (χ1n) is 11.8. The quantitative estimate of drug-likeness (QED) is 0.218. The van der Waals surface area contributed by atoms with Gasteiger partial charge in [-0.05, 0) is 54.4 Å². The highest BCUT2D eigenvalue weighted by atomic mass is 35.5. The summed E-state index contributed by atoms with van der Waals surface area (Å²) in [5, 5.41) is 12.2. The summed E-state index contributed by atoms with van der Waals surface area (Å²) < 4.78 is 13.6. The Kier molecular flexibility index (Phi) is 8.35. The second-order valence-corrected chi connectivity index (χ2v) is 8.97. The molecule has 1 heterocycles. The topological polar surface area (TPSA) is 126 Å². The number of hydrogen-bond donors (Lipinski definition) is 2. The highest BCUT2D eigenvalue weighted by Gasteiger charge is 2.25. The van der Waals surface area contributed by atoms with Gasteiger partial charge < -0.3 is 15.6 Å². The molecule has 4 rings (SSSR count). The number of halogens is 2. The number of para-hydroxylation sites is 1. The molecule has 4 aromatic rings. The maximum absolute atomic E-state index is 13.7. The fourth-order valence-corrected chi connectivity index (χ4v) is 4.41. The summed E-state index contributed by atoms with van der Waals surface area (Å²) >= 11 is 5.99. The predicted octanol–water partition coefficient (Wildman–Crippen LogP) is 4.95. The van der Waals surface area contributed by atoms with Gasteiger partial charge in [-0.2, -0.15) is 0 Å². The number of nitrogens with zero attached hydrogens (tertiary/aromatic N) is 3. The van der Waals surface area contributed by atoms with Crippen LogP contribution >= 0.6 is 11.6 Å². The number of fused-ring (bicyclic) bond motifs is 1. The zero-order valence-corrected chi connectivity index (χ0v) is 21.0. The normalized spacial score (nSPS) is 10.9. The summed E-state index contributed by atoms with van der Waals surface area (Å²) in [6.45, 7) is 0.0289. The number of benzene rings is 3. The number of nitro groups is 1. The molecular formula is C27H25ClFN5O4. The lowest BCUT2D eigenvalue weighted by molar-refractivity contribution is -0.384. The number of aromatic amines is 1. The summed E-state index contributed by atoms with van der Waals surface area (Å²) in [7, 11) is 0. The van der Waals surface area contributed by atoms with Crippen LogP contribution in [0.1, 0.15) is 12.0 Å². The minimum atomic E-state index is -0.621. The molecule has 196 valence electrons. The van der Waals surface area contributed by atoms with Crippen LogP contribution < -0.4 is 10.6 Å². The molecule has 2 amide bonds. The lowest BCUT2D eigenvalue weighted by Crippen LogP contribution is -2.42. The molecule has 0 aliphatic carbocycles. The van der Waals surface area contributed by atoms with Crippen molar-refractivity contribution in [3.8, 4) is 0 Å². The van der Waals surface area contributed by atoms with Crippen molar-refractivity contribution in [3.05, 3.63) is 99.4 Å². The van der Waals surface area contributed by atoms with Crippen molar-refractivity contribution in [1.82, 2.24) is 9.88 Å². The van der Waals surface area contributed by atoms with E-state index in [1.165, 1.54) is 40.1 Å². The first-order valence-corrected chi connectivity index (χ1v) is 12.2. The van der Waals surface area contributed by atoms with Crippen molar-refractivity contribution in [1.29, 1.82) is 0 Å². The van der Waals surface area contributed by atoms with Crippen LogP contribution in [0.3, 0.4) is 0 Å². The van der Waals surface area contributed by atoms with Gasteiger partial charge in [0.25, 0.3) is 11.6 Å². The van der Waals surface area contributed by atoms with Crippen LogP contribution in [0, 0.1) is 15.9 Å². The standard InChI is InChI=1S/C27H25ClFN5O4/c28-23-9-7-21(15-25(23)34(37)38)33(20-4-2-1-3-5-20)27(36)17-32(26(35)10-12-30)13-11-18-16-31-24-14-19(29)6-8-22(18)24/h1-9,14-16,31H,10-13,17,30H2. The number of nitrogens with two attached hydrogens (primary N) is 1. The highest BCUT2D eigenvalue weighted by molar-refractivity contribution is 6.32. The van der Waals surface area contributed by atoms with Gasteiger partial charge in [0.1, 0.15) is 17.4 Å². The van der Waals surface area contributed by atoms with Gasteiger partial charge in [0, 0.05) is 48.4 Å². The molecule has 0 saturated carbocycles. The van der Waals surface area contributed by atoms with E-state index in [0.717, 1.165) is 10.9 Å². The van der Waals surface area contributed by atoms with Crippen molar-refractivity contribution >= 4 is 51.4 Å². The molecule has 3 aromatic carbocycles. The number of amides is 2. The van der Waals surface area contributed by atoms with E-state index < -0.39 is 10.8 Å². The van der Waals surface area contributed by atoms with Crippen LogP contribution in [0.2, 0.25) is 5.02 Å². The lowest BCUT2D eigenvalue weighted by atomic mass is 10.1. The SMILES string of the molecule is NCCC(=O)N(CCc1c[nH]c2cc(F)ccc12)CC(=O)N(c1ccccc1)c1ccc(Cl)c([N+](=O)[O-])c1. The third-order valence-corrected chi connectivity index (χ3v) is 6.39. The number of hydrogen-bond acceptors (Lipinski definition) is 5. The molecule has 0 unspecified atom stereocenters. The molecule has 38 heavy (non-hydrogen) atoms. The van der Waals surface area contributed by atoms with Crippen molar-refractivity contribution in [2.24, 2.45) is 5.73 Å². The molecule has 1 aromatic heterocycles. The number of aromatic nitrogens is 1. The van der Waals surface area contributed by atoms with E-state index in [1.54, 1.807) is 42.6 Å². The van der Waals surface area contributed by atoms with Crippen LogP contribution in [0.25, 0.3) is 10.9 Å². The first kappa shape index (κ1) is 26.8. The number of rotatable bonds is 10. The summed E-state index contributed by atoms with van der Waals surface area (Å²) in [5.41, 5.74) is 7.49. The minimum absolute atomic E-state index is 0.0458. The predicted molar refractivity (Wildman–Crippen MR) is 144 cm³/mol. The summed E-state index contributed by atoms with van der Waals surface area (Å²) in [6.07, 6.45) is 2.21. The van der Waals surface area contributed by atoms with Crippen molar-refractivity contribution in [3.63, 3.8) is 0 Å². The summed E-state index contributed by atoms with van der Waals surface area (Å²) in [4.78, 5) is 43.2. The van der Waals surface area contributed by atoms with Gasteiger partial charge in [-0.3, -0.25) is 24.6 Å². The summed E-state index contributed by atoms with van der Waals surface area (Å²) in [6, 6.07) is 17.1. The molecule has 0 aliphatic heterocycles. The molecular weight excluding hydrogens is 513 g/mol. The van der Waals surface area contributed by atoms with E-state index in [4.69, 9.17) is 17.3 Å². The monoisotopic (exact) mass is 537 g/mol. The highest BCUT2D eigenvalue weighted by Crippen LogP contribution is 2.33. The molecule has 0 radical (unpaired) electrons. The molecule has 0 bridgehead atoms. The smallest absolute Gasteiger partial charge is 0.289 e. The van der Waals surface area contributed by atoms with E-state index in [2.05, 4.69) is 4.98 Å². The van der Waals surface area contributed by atoms with Crippen LogP contribution in [0.15, 0.2) is 72.9 Å². The van der Waals surface area contributed by atoms with Crippen LogP contribution in [-0.4, -0.2) is 46.3 Å². The van der Waals surface area contributed by atoms with E-state index in [0.29, 0.717) is 17.6 Å². The molecule has 11 heteroatoms. The van der Waals surface area contributed by atoms with E-state index in [1.807, 2.05) is 0 Å². The van der Waals surface area contributed by atoms with Crippen LogP contribution in [0.5, 0.6) is 0 Å². The summed E-state index contributed by atoms with van der Waals surface area (Å²) in [5.74, 6) is -1.14. The maximum Gasteiger partial charge on any atom is 0.289 e. The Morgan fingerprint density at radius 2 is 1.79 bits per heavy atom. The maximum atomic E-state index is 13.7. The van der Waals surface area contributed by atoms with Crippen molar-refractivity contribution < 1.29 is 18.9 Å². The third-order valence-electron chi connectivity index (χ3n) is 6.07. The number of anilines is 2. The molecule has 9 nitrogen and oxygen atoms in total. The van der Waals surface area contributed by atoms with Crippen molar-refractivity contribution in [2.45, 2.75) is 12.8 Å². The van der Waals surface area contributed by atoms with E-state index in [9.17, 15) is 24.1 Å². The Morgan fingerprint density at radius 3 is 2.50 bits per heavy atom. The van der Waals surface area contributed by atoms with Gasteiger partial charge in [0.2, 0.25) is 5.91 Å². The van der Waals surface area contributed by atoms with Gasteiger partial charge in [0.05, 0.1) is 10.6 Å². The Labute approximate surface area is 222 Å². The average molecular weight is 538 g/mol. The average Bonchev–Trinajstić information content (AvgIpc) is 3.30. The number of carbonyl (C=O) groups excluding carboxylic acids is 2. The zero-order valence-electron chi connectivity index (χ0n) is 20.3. The van der Waals surface area contributed by atoms with E-state index >= 15 is 0 Å². The van der Waals surface area contributed by atoms with Gasteiger partial charge in [-0.1, -0.05) is 29.8 Å². The number of nitro benzene ring substituents is 1. The molecule has 0 aliphatic rings. The first-order chi connectivity index (χ1) is 18.3. The molecule has 0 atom stereocenters. The molecule has 0 spiro atoms. The minimum Gasteiger partial charge on any atom is -0.361 e. The number of carbonyl (C=O) groups is 2. The Balaban J connectivity index is 1.62. The fourth-order valence-electron chi connectivity index (χ4n) is 4.22. The largest absolute Gasteiger partial charge is 0.361 e. The third kappa shape index (κ3) is 5.99. The van der Waals surface area contributed by atoms with Crippen LogP contribution in [-0.2, 0) is 16.0 Å². The Morgan fingerprint density at radius 1 is 1.03 bits per heavy atom. The van der Waals surface area contributed by atoms with Gasteiger partial charge in [-0.25, -0.2) is 4.39 Å². The Hall–Kier alpha value is -4.28. The second-order valence-electron chi connectivity index (χ2n) is 8.57. The molecule has 0 saturated heterocycles. The van der Waals surface area contributed by atoms with Crippen LogP contribution in [0.4, 0.5) is 21.5 Å². The number of nitrogens with one attached hydrogen (secondary N) is 1. The van der Waals surface area contributed by atoms with E-state index in [-0.39, 0.29) is 54.2 Å². The molecule has 3 N–H and O–H groups in total.